The molecule has 102 valence electrons. The minimum absolute atomic E-state index is 0.242. The van der Waals surface area contributed by atoms with Gasteiger partial charge in [-0.3, -0.25) is 4.79 Å². The van der Waals surface area contributed by atoms with E-state index in [0.717, 1.165) is 28.7 Å². The van der Waals surface area contributed by atoms with E-state index in [1.807, 2.05) is 25.1 Å². The molecule has 19 heavy (non-hydrogen) atoms. The van der Waals surface area contributed by atoms with Crippen molar-refractivity contribution >= 4 is 44.7 Å². The highest BCUT2D eigenvalue weighted by Gasteiger charge is 2.38. The zero-order valence-corrected chi connectivity index (χ0v) is 13.1. The van der Waals surface area contributed by atoms with E-state index in [4.69, 9.17) is 23.7 Å². The molecular formula is C13H16BrN3OS. The molecule has 1 aliphatic heterocycles. The molecule has 1 unspecified atom stereocenters. The molecule has 1 atom stereocenters. The van der Waals surface area contributed by atoms with Crippen LogP contribution in [-0.2, 0) is 4.79 Å². The minimum Gasteiger partial charge on any atom is -0.389 e. The quantitative estimate of drug-likeness (QED) is 0.822. The van der Waals surface area contributed by atoms with Crippen LogP contribution in [0, 0.1) is 5.41 Å². The molecule has 0 bridgehead atoms. The van der Waals surface area contributed by atoms with Crippen LogP contribution in [-0.4, -0.2) is 24.0 Å². The third-order valence-corrected chi connectivity index (χ3v) is 4.53. The molecule has 2 rings (SSSR count). The summed E-state index contributed by atoms with van der Waals surface area (Å²) in [6.45, 7) is 3.37. The lowest BCUT2D eigenvalue weighted by molar-refractivity contribution is -0.125. The van der Waals surface area contributed by atoms with Gasteiger partial charge in [-0.1, -0.05) is 12.2 Å². The number of nitrogens with zero attached hydrogens (tertiary/aromatic N) is 1. The molecule has 0 saturated carbocycles. The molecule has 0 aromatic heterocycles. The number of anilines is 1. The van der Waals surface area contributed by atoms with Crippen molar-refractivity contribution in [2.45, 2.75) is 13.3 Å². The normalized spacial score (nSPS) is 22.5. The van der Waals surface area contributed by atoms with E-state index in [1.165, 1.54) is 0 Å². The van der Waals surface area contributed by atoms with Gasteiger partial charge < -0.3 is 16.4 Å². The topological polar surface area (TPSA) is 72.4 Å². The first-order chi connectivity index (χ1) is 8.83. The minimum atomic E-state index is -0.450. The fourth-order valence-corrected chi connectivity index (χ4v) is 3.17. The molecule has 4 N–H and O–H groups in total. The lowest BCUT2D eigenvalue weighted by Gasteiger charge is -2.23. The van der Waals surface area contributed by atoms with Crippen LogP contribution in [0.2, 0.25) is 0 Å². The van der Waals surface area contributed by atoms with Crippen molar-refractivity contribution in [1.82, 2.24) is 0 Å². The number of hydrogen-bond donors (Lipinski definition) is 2. The molecule has 4 nitrogen and oxygen atoms in total. The average molecular weight is 342 g/mol. The largest absolute Gasteiger partial charge is 0.389 e. The summed E-state index contributed by atoms with van der Waals surface area (Å²) in [6.07, 6.45) is 0.775. The fourth-order valence-electron chi connectivity index (χ4n) is 2.28. The summed E-state index contributed by atoms with van der Waals surface area (Å²) in [6, 6.07) is 5.83. The fraction of sp³-hybridized carbons (Fsp3) is 0.385. The Morgan fingerprint density at radius 3 is 2.63 bits per heavy atom. The number of benzene rings is 1. The monoisotopic (exact) mass is 341 g/mol. The third kappa shape index (κ3) is 2.74. The number of hydrogen-bond acceptors (Lipinski definition) is 3. The first-order valence-corrected chi connectivity index (χ1v) is 7.18. The maximum absolute atomic E-state index is 11.5. The van der Waals surface area contributed by atoms with Gasteiger partial charge in [0.25, 0.3) is 0 Å². The van der Waals surface area contributed by atoms with Gasteiger partial charge in [-0.2, -0.15) is 0 Å². The van der Waals surface area contributed by atoms with Crippen LogP contribution in [0.5, 0.6) is 0 Å². The summed E-state index contributed by atoms with van der Waals surface area (Å²) >= 11 is 8.44. The van der Waals surface area contributed by atoms with Gasteiger partial charge in [0.15, 0.2) is 0 Å². The maximum Gasteiger partial charge on any atom is 0.225 e. The van der Waals surface area contributed by atoms with Crippen LogP contribution in [0.3, 0.4) is 0 Å². The number of halogens is 1. The molecule has 6 heteroatoms. The van der Waals surface area contributed by atoms with Crippen LogP contribution < -0.4 is 16.4 Å². The Bertz CT molecular complexity index is 549. The molecule has 0 radical (unpaired) electrons. The van der Waals surface area contributed by atoms with Crippen molar-refractivity contribution in [3.05, 3.63) is 28.2 Å². The van der Waals surface area contributed by atoms with Gasteiger partial charge in [0.1, 0.15) is 4.99 Å². The van der Waals surface area contributed by atoms with Gasteiger partial charge in [0.05, 0.1) is 5.41 Å². The average Bonchev–Trinajstić information content (AvgIpc) is 2.73. The first-order valence-electron chi connectivity index (χ1n) is 5.98. The summed E-state index contributed by atoms with van der Waals surface area (Å²) in [7, 11) is 0. The summed E-state index contributed by atoms with van der Waals surface area (Å²) < 4.78 is 0.866. The van der Waals surface area contributed by atoms with E-state index in [1.54, 1.807) is 0 Å². The van der Waals surface area contributed by atoms with Crippen LogP contribution in [0.4, 0.5) is 5.69 Å². The molecule has 1 fully saturated rings. The molecule has 1 amide bonds. The van der Waals surface area contributed by atoms with Crippen LogP contribution in [0.1, 0.15) is 18.9 Å². The Kier molecular flexibility index (Phi) is 3.82. The molecular weight excluding hydrogens is 326 g/mol. The summed E-state index contributed by atoms with van der Waals surface area (Å²) in [4.78, 5) is 14.0. The highest BCUT2D eigenvalue weighted by atomic mass is 79.9. The van der Waals surface area contributed by atoms with E-state index in [9.17, 15) is 4.79 Å². The highest BCUT2D eigenvalue weighted by molar-refractivity contribution is 9.10. The molecule has 0 aliphatic carbocycles. The zero-order valence-electron chi connectivity index (χ0n) is 10.6. The number of rotatable bonds is 3. The lowest BCUT2D eigenvalue weighted by atomic mass is 9.89. The third-order valence-electron chi connectivity index (χ3n) is 3.65. The van der Waals surface area contributed by atoms with Gasteiger partial charge in [-0.05, 0) is 47.5 Å². The highest BCUT2D eigenvalue weighted by Crippen LogP contribution is 2.34. The first kappa shape index (κ1) is 14.3. The van der Waals surface area contributed by atoms with Gasteiger partial charge >= 0.3 is 0 Å². The smallest absolute Gasteiger partial charge is 0.225 e. The van der Waals surface area contributed by atoms with Gasteiger partial charge in [-0.15, -0.1) is 0 Å². The van der Waals surface area contributed by atoms with Crippen molar-refractivity contribution in [1.29, 1.82) is 0 Å². The van der Waals surface area contributed by atoms with Crippen LogP contribution in [0.15, 0.2) is 22.7 Å². The second kappa shape index (κ2) is 5.09. The standard InChI is InChI=1S/C13H16BrN3OS/c1-13(12(16)18)4-5-17(7-13)8-2-3-9(11(15)19)10(14)6-8/h2-3,6H,4-5,7H2,1H3,(H2,15,19)(H2,16,18). The predicted octanol–water partition coefficient (Wildman–Crippen LogP) is 1.78. The van der Waals surface area contributed by atoms with Crippen molar-refractivity contribution in [3.63, 3.8) is 0 Å². The number of amides is 1. The van der Waals surface area contributed by atoms with E-state index in [-0.39, 0.29) is 5.91 Å². The molecule has 0 spiro atoms. The molecule has 1 aromatic rings. The Hall–Kier alpha value is -1.14. The Morgan fingerprint density at radius 1 is 1.47 bits per heavy atom. The summed E-state index contributed by atoms with van der Waals surface area (Å²) in [5.74, 6) is -0.242. The second-order valence-corrected chi connectivity index (χ2v) is 6.42. The van der Waals surface area contributed by atoms with Crippen molar-refractivity contribution in [2.75, 3.05) is 18.0 Å². The predicted molar refractivity (Wildman–Crippen MR) is 84.2 cm³/mol. The van der Waals surface area contributed by atoms with E-state index >= 15 is 0 Å². The Balaban J connectivity index is 2.23. The number of carbonyl (C=O) groups is 1. The van der Waals surface area contributed by atoms with Crippen molar-refractivity contribution in [3.8, 4) is 0 Å². The number of carbonyl (C=O) groups excluding carboxylic acids is 1. The van der Waals surface area contributed by atoms with Crippen molar-refractivity contribution in [2.24, 2.45) is 16.9 Å². The molecule has 1 aromatic carbocycles. The van der Waals surface area contributed by atoms with Gasteiger partial charge in [0, 0.05) is 28.8 Å². The molecule has 1 aliphatic rings. The number of primary amides is 1. The number of thiocarbonyl (C=S) groups is 1. The maximum atomic E-state index is 11.5. The molecule has 1 heterocycles. The number of nitrogens with two attached hydrogens (primary N) is 2. The van der Waals surface area contributed by atoms with Crippen LogP contribution >= 0.6 is 28.1 Å². The second-order valence-electron chi connectivity index (χ2n) is 5.12. The lowest BCUT2D eigenvalue weighted by Crippen LogP contribution is -2.37. The van der Waals surface area contributed by atoms with Crippen LogP contribution in [0.25, 0.3) is 0 Å². The zero-order chi connectivity index (χ0) is 14.2. The SMILES string of the molecule is CC1(C(N)=O)CCN(c2ccc(C(N)=S)c(Br)c2)C1. The summed E-state index contributed by atoms with van der Waals surface area (Å²) in [5.41, 5.74) is 12.5. The van der Waals surface area contributed by atoms with Gasteiger partial charge in [0.2, 0.25) is 5.91 Å². The van der Waals surface area contributed by atoms with Crippen molar-refractivity contribution < 1.29 is 4.79 Å². The summed E-state index contributed by atoms with van der Waals surface area (Å²) in [5, 5.41) is 0. The Labute approximate surface area is 126 Å². The van der Waals surface area contributed by atoms with Gasteiger partial charge in [-0.25, -0.2) is 0 Å². The van der Waals surface area contributed by atoms with E-state index in [0.29, 0.717) is 11.5 Å². The van der Waals surface area contributed by atoms with E-state index < -0.39 is 5.41 Å². The Morgan fingerprint density at radius 2 is 2.16 bits per heavy atom. The molecule has 1 saturated heterocycles. The van der Waals surface area contributed by atoms with E-state index in [2.05, 4.69) is 20.8 Å².